The van der Waals surface area contributed by atoms with Gasteiger partial charge < -0.3 is 10.1 Å². The van der Waals surface area contributed by atoms with Crippen molar-refractivity contribution in [2.24, 2.45) is 0 Å². The first-order chi connectivity index (χ1) is 14.5. The van der Waals surface area contributed by atoms with Crippen LogP contribution in [0.1, 0.15) is 11.1 Å². The van der Waals surface area contributed by atoms with Crippen molar-refractivity contribution in [3.63, 3.8) is 0 Å². The summed E-state index contributed by atoms with van der Waals surface area (Å²) in [6.45, 7) is 0.296. The Kier molecular flexibility index (Phi) is 7.75. The van der Waals surface area contributed by atoms with E-state index in [2.05, 4.69) is 27.9 Å². The summed E-state index contributed by atoms with van der Waals surface area (Å²) in [5.74, 6) is 0.211. The van der Waals surface area contributed by atoms with Crippen LogP contribution in [0.15, 0.2) is 72.3 Å². The number of carbonyl (C=O) groups is 1. The molecule has 3 aromatic carbocycles. The zero-order chi connectivity index (χ0) is 21.5. The van der Waals surface area contributed by atoms with Gasteiger partial charge in [0.05, 0.1) is 3.57 Å². The van der Waals surface area contributed by atoms with E-state index in [-0.39, 0.29) is 5.57 Å². The van der Waals surface area contributed by atoms with Gasteiger partial charge in [-0.3, -0.25) is 4.79 Å². The summed E-state index contributed by atoms with van der Waals surface area (Å²) in [5, 5.41) is 13.2. The Balaban J connectivity index is 1.71. The normalized spacial score (nSPS) is 10.9. The fourth-order valence-corrected chi connectivity index (χ4v) is 3.71. The molecule has 7 heteroatoms. The predicted molar refractivity (Wildman–Crippen MR) is 129 cm³/mol. The Bertz CT molecular complexity index is 1140. The summed E-state index contributed by atoms with van der Waals surface area (Å²) in [6.07, 6.45) is 1.54. The maximum atomic E-state index is 12.4. The summed E-state index contributed by atoms with van der Waals surface area (Å²) < 4.78 is 6.70. The van der Waals surface area contributed by atoms with Gasteiger partial charge in [0.15, 0.2) is 0 Å². The van der Waals surface area contributed by atoms with Crippen LogP contribution in [0.4, 0.5) is 5.69 Å². The van der Waals surface area contributed by atoms with Gasteiger partial charge in [0, 0.05) is 21.3 Å². The van der Waals surface area contributed by atoms with Crippen LogP contribution in [0.3, 0.4) is 0 Å². The minimum atomic E-state index is -0.462. The van der Waals surface area contributed by atoms with Crippen molar-refractivity contribution in [1.82, 2.24) is 0 Å². The van der Waals surface area contributed by atoms with Gasteiger partial charge in [-0.15, -0.1) is 0 Å². The molecule has 0 atom stereocenters. The van der Waals surface area contributed by atoms with Crippen molar-refractivity contribution in [3.8, 4) is 11.8 Å². The molecule has 0 saturated carbocycles. The maximum Gasteiger partial charge on any atom is 0.266 e. The number of amides is 1. The standard InChI is InChI=1S/C23H15Cl2IN2O2/c24-18-8-7-16(20(25)12-18)14-30-22-9-6-15(11-21(22)26)10-17(13-27)23(29)28-19-4-2-1-3-5-19/h1-12H,14H2,(H,28,29)/b17-10-. The zero-order valence-corrected chi connectivity index (χ0v) is 19.2. The first-order valence-electron chi connectivity index (χ1n) is 8.81. The quantitative estimate of drug-likeness (QED) is 0.211. The molecule has 0 radical (unpaired) electrons. The molecule has 1 N–H and O–H groups in total. The number of nitriles is 1. The van der Waals surface area contributed by atoms with E-state index < -0.39 is 5.91 Å². The number of para-hydroxylation sites is 1. The number of carbonyl (C=O) groups excluding carboxylic acids is 1. The largest absolute Gasteiger partial charge is 0.488 e. The molecule has 3 aromatic rings. The molecule has 0 saturated heterocycles. The number of halogens is 3. The number of ether oxygens (including phenoxy) is 1. The van der Waals surface area contributed by atoms with E-state index in [1.807, 2.05) is 36.4 Å². The molecule has 0 fully saturated rings. The van der Waals surface area contributed by atoms with Gasteiger partial charge in [0.2, 0.25) is 0 Å². The lowest BCUT2D eigenvalue weighted by molar-refractivity contribution is -0.112. The monoisotopic (exact) mass is 548 g/mol. The highest BCUT2D eigenvalue weighted by Gasteiger charge is 2.11. The highest BCUT2D eigenvalue weighted by molar-refractivity contribution is 14.1. The molecular formula is C23H15Cl2IN2O2. The van der Waals surface area contributed by atoms with Gasteiger partial charge in [0.1, 0.15) is 24.0 Å². The van der Waals surface area contributed by atoms with E-state index in [0.717, 1.165) is 14.7 Å². The molecule has 0 aliphatic heterocycles. The Labute approximate surface area is 198 Å². The number of rotatable bonds is 6. The highest BCUT2D eigenvalue weighted by atomic mass is 127. The number of hydrogen-bond acceptors (Lipinski definition) is 3. The molecule has 0 aromatic heterocycles. The molecule has 0 heterocycles. The van der Waals surface area contributed by atoms with Crippen LogP contribution in [0.2, 0.25) is 10.0 Å². The lowest BCUT2D eigenvalue weighted by Crippen LogP contribution is -2.13. The van der Waals surface area contributed by atoms with Crippen LogP contribution < -0.4 is 10.1 Å². The van der Waals surface area contributed by atoms with Crippen molar-refractivity contribution >= 4 is 63.5 Å². The molecular weight excluding hydrogens is 534 g/mol. The molecule has 0 aliphatic rings. The van der Waals surface area contributed by atoms with Gasteiger partial charge in [0.25, 0.3) is 5.91 Å². The van der Waals surface area contributed by atoms with Crippen LogP contribution >= 0.6 is 45.8 Å². The zero-order valence-electron chi connectivity index (χ0n) is 15.5. The van der Waals surface area contributed by atoms with Crippen molar-refractivity contribution in [1.29, 1.82) is 5.26 Å². The third kappa shape index (κ3) is 5.99. The number of nitrogens with one attached hydrogen (secondary N) is 1. The SMILES string of the molecule is N#C/C(=C/c1ccc(OCc2ccc(Cl)cc2Cl)c(I)c1)C(=O)Nc1ccccc1. The molecule has 150 valence electrons. The van der Waals surface area contributed by atoms with E-state index in [0.29, 0.717) is 28.1 Å². The molecule has 3 rings (SSSR count). The Morgan fingerprint density at radius 3 is 2.53 bits per heavy atom. The average molecular weight is 549 g/mol. The summed E-state index contributed by atoms with van der Waals surface area (Å²) in [5.41, 5.74) is 2.18. The molecule has 0 unspecified atom stereocenters. The molecule has 0 aliphatic carbocycles. The van der Waals surface area contributed by atoms with Gasteiger partial charge in [-0.25, -0.2) is 0 Å². The predicted octanol–water partition coefficient (Wildman–Crippen LogP) is 6.72. The van der Waals surface area contributed by atoms with E-state index >= 15 is 0 Å². The van der Waals surface area contributed by atoms with E-state index in [1.54, 1.807) is 42.5 Å². The lowest BCUT2D eigenvalue weighted by Gasteiger charge is -2.10. The van der Waals surface area contributed by atoms with Gasteiger partial charge in [-0.05, 0) is 70.6 Å². The summed E-state index contributed by atoms with van der Waals surface area (Å²) in [7, 11) is 0. The smallest absolute Gasteiger partial charge is 0.266 e. The topological polar surface area (TPSA) is 62.1 Å². The van der Waals surface area contributed by atoms with Gasteiger partial charge >= 0.3 is 0 Å². The number of hydrogen-bond donors (Lipinski definition) is 1. The summed E-state index contributed by atoms with van der Waals surface area (Å²) in [4.78, 5) is 12.4. The minimum absolute atomic E-state index is 0.0104. The fraction of sp³-hybridized carbons (Fsp3) is 0.0435. The Morgan fingerprint density at radius 1 is 1.10 bits per heavy atom. The van der Waals surface area contributed by atoms with Gasteiger partial charge in [-0.1, -0.05) is 53.5 Å². The Hall–Kier alpha value is -2.53. The number of benzene rings is 3. The van der Waals surface area contributed by atoms with Gasteiger partial charge in [-0.2, -0.15) is 5.26 Å². The third-order valence-electron chi connectivity index (χ3n) is 4.06. The first-order valence-corrected chi connectivity index (χ1v) is 10.6. The summed E-state index contributed by atoms with van der Waals surface area (Å²) >= 11 is 14.2. The van der Waals surface area contributed by atoms with Crippen molar-refractivity contribution in [2.45, 2.75) is 6.61 Å². The molecule has 30 heavy (non-hydrogen) atoms. The van der Waals surface area contributed by atoms with E-state index in [4.69, 9.17) is 27.9 Å². The van der Waals surface area contributed by atoms with E-state index in [1.165, 1.54) is 0 Å². The maximum absolute atomic E-state index is 12.4. The molecule has 0 spiro atoms. The molecule has 4 nitrogen and oxygen atoms in total. The van der Waals surface area contributed by atoms with Crippen LogP contribution in [0.5, 0.6) is 5.75 Å². The Morgan fingerprint density at radius 2 is 1.87 bits per heavy atom. The van der Waals surface area contributed by atoms with Crippen LogP contribution in [0.25, 0.3) is 6.08 Å². The first kappa shape index (κ1) is 22.2. The van der Waals surface area contributed by atoms with Crippen LogP contribution in [-0.2, 0) is 11.4 Å². The van der Waals surface area contributed by atoms with Crippen LogP contribution in [-0.4, -0.2) is 5.91 Å². The number of anilines is 1. The average Bonchev–Trinajstić information content (AvgIpc) is 2.73. The minimum Gasteiger partial charge on any atom is -0.488 e. The van der Waals surface area contributed by atoms with Crippen molar-refractivity contribution < 1.29 is 9.53 Å². The molecule has 1 amide bonds. The highest BCUT2D eigenvalue weighted by Crippen LogP contribution is 2.27. The summed E-state index contributed by atoms with van der Waals surface area (Å²) in [6, 6.07) is 21.6. The second kappa shape index (κ2) is 10.5. The lowest BCUT2D eigenvalue weighted by atomic mass is 10.1. The second-order valence-electron chi connectivity index (χ2n) is 6.20. The van der Waals surface area contributed by atoms with Crippen molar-refractivity contribution in [2.75, 3.05) is 5.32 Å². The second-order valence-corrected chi connectivity index (χ2v) is 8.21. The van der Waals surface area contributed by atoms with E-state index in [9.17, 15) is 10.1 Å². The molecule has 0 bridgehead atoms. The van der Waals surface area contributed by atoms with Crippen LogP contribution in [0, 0.1) is 14.9 Å². The van der Waals surface area contributed by atoms with Crippen molar-refractivity contribution in [3.05, 3.63) is 97.0 Å². The third-order valence-corrected chi connectivity index (χ3v) is 5.49. The fourth-order valence-electron chi connectivity index (χ4n) is 2.55. The number of nitrogens with zero attached hydrogens (tertiary/aromatic N) is 1.